The molecule has 1 fully saturated rings. The summed E-state index contributed by atoms with van der Waals surface area (Å²) in [5.74, 6) is -2.74. The molecule has 230 valence electrons. The smallest absolute Gasteiger partial charge is 0.251 e. The number of hydrogen-bond acceptors (Lipinski definition) is 5. The minimum Gasteiger partial charge on any atom is -0.480 e. The standard InChI is InChI=1S/C35H36ClF2N3O3/c1-19-28-27(44-35(19,21-7-5-4-6-8-21)18-41-22-11-13-34(2,43)14-12-22)16-26(37)31(36)30(28)29-25(33(42)40-3)15-24-20(17-39)9-10-23(24)32(29)38/h4-8,15-16,19-20,22,41,43H,9-14,18H2,1-3H3,(H,40,42)/t19-,20?,22-,34-,35-/m0/s1. The first-order valence-electron chi connectivity index (χ1n) is 15.2. The number of rotatable bonds is 6. The average Bonchev–Trinajstić information content (AvgIpc) is 3.56. The van der Waals surface area contributed by atoms with Crippen LogP contribution in [0.5, 0.6) is 5.75 Å². The second-order valence-electron chi connectivity index (χ2n) is 12.7. The summed E-state index contributed by atoms with van der Waals surface area (Å²) in [6.07, 6.45) is 3.71. The Kier molecular flexibility index (Phi) is 7.94. The molecule has 0 saturated heterocycles. The number of nitrogens with one attached hydrogen (secondary N) is 2. The number of carbonyl (C=O) groups excluding carboxylic acids is 1. The molecule has 1 unspecified atom stereocenters. The number of carbonyl (C=O) groups is 1. The number of hydrogen-bond donors (Lipinski definition) is 3. The fourth-order valence-corrected chi connectivity index (χ4v) is 7.62. The number of ether oxygens (including phenoxy) is 1. The highest BCUT2D eigenvalue weighted by Crippen LogP contribution is 2.57. The monoisotopic (exact) mass is 619 g/mol. The second-order valence-corrected chi connectivity index (χ2v) is 13.0. The Hall–Kier alpha value is -3.51. The van der Waals surface area contributed by atoms with Crippen LogP contribution in [0.25, 0.3) is 11.1 Å². The lowest BCUT2D eigenvalue weighted by atomic mass is 9.76. The van der Waals surface area contributed by atoms with Crippen molar-refractivity contribution in [2.24, 2.45) is 0 Å². The molecule has 0 radical (unpaired) electrons. The first kappa shape index (κ1) is 30.5. The van der Waals surface area contributed by atoms with Crippen LogP contribution < -0.4 is 15.4 Å². The van der Waals surface area contributed by atoms with Crippen LogP contribution in [0.3, 0.4) is 0 Å². The summed E-state index contributed by atoms with van der Waals surface area (Å²) in [5, 5.41) is 26.1. The third-order valence-corrected chi connectivity index (χ3v) is 10.3. The number of benzene rings is 3. The largest absolute Gasteiger partial charge is 0.480 e. The van der Waals surface area contributed by atoms with Crippen molar-refractivity contribution in [3.63, 3.8) is 0 Å². The summed E-state index contributed by atoms with van der Waals surface area (Å²) in [6, 6.07) is 14.8. The van der Waals surface area contributed by atoms with Crippen molar-refractivity contribution in [1.82, 2.24) is 10.6 Å². The molecule has 1 amide bonds. The topological polar surface area (TPSA) is 94.4 Å². The van der Waals surface area contributed by atoms with Crippen molar-refractivity contribution in [1.29, 1.82) is 5.26 Å². The first-order chi connectivity index (χ1) is 21.0. The van der Waals surface area contributed by atoms with E-state index in [-0.39, 0.29) is 33.5 Å². The number of nitrogens with zero attached hydrogens (tertiary/aromatic N) is 1. The minimum absolute atomic E-state index is 0.00241. The van der Waals surface area contributed by atoms with Crippen molar-refractivity contribution in [3.05, 3.63) is 86.9 Å². The van der Waals surface area contributed by atoms with Crippen molar-refractivity contribution in [3.8, 4) is 22.9 Å². The zero-order valence-electron chi connectivity index (χ0n) is 25.1. The first-order valence-corrected chi connectivity index (χ1v) is 15.6. The van der Waals surface area contributed by atoms with Gasteiger partial charge in [0.15, 0.2) is 5.60 Å². The van der Waals surface area contributed by atoms with E-state index in [0.717, 1.165) is 18.4 Å². The summed E-state index contributed by atoms with van der Waals surface area (Å²) in [5.41, 5.74) is 0.552. The molecule has 1 heterocycles. The number of nitriles is 1. The molecule has 0 aromatic heterocycles. The van der Waals surface area contributed by atoms with Crippen molar-refractivity contribution >= 4 is 17.5 Å². The molecule has 2 aliphatic carbocycles. The normalized spacial score (nSPS) is 27.3. The predicted octanol–water partition coefficient (Wildman–Crippen LogP) is 6.87. The Balaban J connectivity index is 1.51. The Morgan fingerprint density at radius 3 is 2.52 bits per heavy atom. The van der Waals surface area contributed by atoms with E-state index < -0.39 is 40.6 Å². The lowest BCUT2D eigenvalue weighted by Crippen LogP contribution is -2.49. The molecule has 0 bridgehead atoms. The Labute approximate surface area is 261 Å². The molecule has 6 nitrogen and oxygen atoms in total. The summed E-state index contributed by atoms with van der Waals surface area (Å²) in [4.78, 5) is 13.2. The summed E-state index contributed by atoms with van der Waals surface area (Å²) in [6.45, 7) is 4.19. The Morgan fingerprint density at radius 1 is 1.16 bits per heavy atom. The van der Waals surface area contributed by atoms with Crippen molar-refractivity contribution < 1.29 is 23.4 Å². The number of aliphatic hydroxyl groups is 1. The van der Waals surface area contributed by atoms with Crippen LogP contribution in [-0.4, -0.2) is 36.2 Å². The molecule has 1 aliphatic heterocycles. The van der Waals surface area contributed by atoms with Crippen LogP contribution in [0.4, 0.5) is 8.78 Å². The maximum atomic E-state index is 16.7. The molecule has 6 rings (SSSR count). The summed E-state index contributed by atoms with van der Waals surface area (Å²) >= 11 is 6.72. The highest BCUT2D eigenvalue weighted by Gasteiger charge is 2.50. The average molecular weight is 620 g/mol. The van der Waals surface area contributed by atoms with Crippen LogP contribution in [0, 0.1) is 23.0 Å². The zero-order valence-corrected chi connectivity index (χ0v) is 25.8. The maximum absolute atomic E-state index is 16.7. The van der Waals surface area contributed by atoms with E-state index in [4.69, 9.17) is 16.3 Å². The van der Waals surface area contributed by atoms with Gasteiger partial charge >= 0.3 is 0 Å². The van der Waals surface area contributed by atoms with Gasteiger partial charge in [0.05, 0.1) is 28.2 Å². The molecular weight excluding hydrogens is 584 g/mol. The lowest BCUT2D eigenvalue weighted by Gasteiger charge is -2.38. The minimum atomic E-state index is -0.998. The van der Waals surface area contributed by atoms with E-state index in [2.05, 4.69) is 16.7 Å². The van der Waals surface area contributed by atoms with Crippen LogP contribution in [0.15, 0.2) is 42.5 Å². The predicted molar refractivity (Wildman–Crippen MR) is 165 cm³/mol. The molecule has 44 heavy (non-hydrogen) atoms. The van der Waals surface area contributed by atoms with E-state index in [9.17, 15) is 15.2 Å². The Bertz CT molecular complexity index is 1660. The SMILES string of the molecule is CNC(=O)c1cc2c(c(F)c1-c1c(Cl)c(F)cc3c1[C@H](C)[C@@](CN[C@H]1CC[C@](C)(O)CC1)(c1ccccc1)O3)CCC2C#N. The molecule has 3 aliphatic rings. The number of fused-ring (bicyclic) bond motifs is 2. The van der Waals surface area contributed by atoms with Gasteiger partial charge in [-0.05, 0) is 68.2 Å². The molecule has 3 N–H and O–H groups in total. The molecule has 1 saturated carbocycles. The van der Waals surface area contributed by atoms with Crippen LogP contribution >= 0.6 is 11.6 Å². The van der Waals surface area contributed by atoms with Gasteiger partial charge in [0.1, 0.15) is 17.4 Å². The van der Waals surface area contributed by atoms with Gasteiger partial charge in [-0.15, -0.1) is 0 Å². The van der Waals surface area contributed by atoms with Gasteiger partial charge in [-0.3, -0.25) is 4.79 Å². The van der Waals surface area contributed by atoms with Gasteiger partial charge in [0.25, 0.3) is 5.91 Å². The van der Waals surface area contributed by atoms with Gasteiger partial charge < -0.3 is 20.5 Å². The lowest BCUT2D eigenvalue weighted by molar-refractivity contribution is 0.00890. The zero-order chi connectivity index (χ0) is 31.4. The molecule has 9 heteroatoms. The highest BCUT2D eigenvalue weighted by molar-refractivity contribution is 6.34. The quantitative estimate of drug-likeness (QED) is 0.280. The number of halogens is 3. The molecule has 3 aromatic carbocycles. The fraction of sp³-hybridized carbons (Fsp3) is 0.429. The summed E-state index contributed by atoms with van der Waals surface area (Å²) < 4.78 is 39.1. The van der Waals surface area contributed by atoms with Gasteiger partial charge in [-0.1, -0.05) is 48.9 Å². The second kappa shape index (κ2) is 11.4. The molecule has 3 atom stereocenters. The number of amides is 1. The van der Waals surface area contributed by atoms with Gasteiger partial charge in [0, 0.05) is 48.3 Å². The fourth-order valence-electron chi connectivity index (χ4n) is 7.37. The maximum Gasteiger partial charge on any atom is 0.251 e. The van der Waals surface area contributed by atoms with Crippen LogP contribution in [0.2, 0.25) is 5.02 Å². The third kappa shape index (κ3) is 4.95. The Morgan fingerprint density at radius 2 is 1.86 bits per heavy atom. The van der Waals surface area contributed by atoms with Gasteiger partial charge in [-0.2, -0.15) is 5.26 Å². The van der Waals surface area contributed by atoms with Gasteiger partial charge in [0.2, 0.25) is 0 Å². The van der Waals surface area contributed by atoms with E-state index in [0.29, 0.717) is 48.9 Å². The highest BCUT2D eigenvalue weighted by atomic mass is 35.5. The van der Waals surface area contributed by atoms with Crippen molar-refractivity contribution in [2.45, 2.75) is 81.5 Å². The van der Waals surface area contributed by atoms with Crippen LogP contribution in [0.1, 0.15) is 90.4 Å². The van der Waals surface area contributed by atoms with Gasteiger partial charge in [-0.25, -0.2) is 8.78 Å². The van der Waals surface area contributed by atoms with Crippen molar-refractivity contribution in [2.75, 3.05) is 13.6 Å². The van der Waals surface area contributed by atoms with E-state index in [1.54, 1.807) is 6.07 Å². The third-order valence-electron chi connectivity index (χ3n) is 9.96. The van der Waals surface area contributed by atoms with Crippen LogP contribution in [-0.2, 0) is 12.0 Å². The van der Waals surface area contributed by atoms with E-state index in [1.165, 1.54) is 13.1 Å². The van der Waals surface area contributed by atoms with E-state index in [1.807, 2.05) is 44.2 Å². The molecule has 3 aromatic rings. The van der Waals surface area contributed by atoms with E-state index >= 15 is 8.78 Å². The molecule has 0 spiro atoms. The molecular formula is C35H36ClF2N3O3. The summed E-state index contributed by atoms with van der Waals surface area (Å²) in [7, 11) is 1.44.